The van der Waals surface area contributed by atoms with E-state index in [1.54, 1.807) is 6.07 Å². The highest BCUT2D eigenvalue weighted by Gasteiger charge is 2.36. The summed E-state index contributed by atoms with van der Waals surface area (Å²) in [6, 6.07) is 4.35. The molecule has 0 aliphatic carbocycles. The zero-order valence-corrected chi connectivity index (χ0v) is 9.08. The van der Waals surface area contributed by atoms with Gasteiger partial charge in [-0.05, 0) is 12.1 Å². The Bertz CT molecular complexity index is 444. The van der Waals surface area contributed by atoms with Gasteiger partial charge >= 0.3 is 11.9 Å². The molecule has 1 saturated heterocycles. The average molecular weight is 273 g/mol. The molecule has 1 aromatic carbocycles. The molecule has 1 fully saturated rings. The van der Waals surface area contributed by atoms with Gasteiger partial charge in [0.1, 0.15) is 5.82 Å². The van der Waals surface area contributed by atoms with E-state index in [0.29, 0.717) is 4.47 Å². The summed E-state index contributed by atoms with van der Waals surface area (Å²) in [5.41, 5.74) is 0.203. The molecule has 78 valence electrons. The summed E-state index contributed by atoms with van der Waals surface area (Å²) in [6.07, 6.45) is -0.0859. The second-order valence-electron chi connectivity index (χ2n) is 3.22. The smallest absolute Gasteiger partial charge is 0.321 e. The minimum Gasteiger partial charge on any atom is -0.393 e. The molecule has 0 N–H and O–H groups in total. The van der Waals surface area contributed by atoms with Crippen LogP contribution >= 0.6 is 15.9 Å². The molecular weight excluding hydrogens is 267 g/mol. The lowest BCUT2D eigenvalue weighted by atomic mass is 9.97. The number of hydrogen-bond acceptors (Lipinski definition) is 3. The Morgan fingerprint density at radius 3 is 2.67 bits per heavy atom. The van der Waals surface area contributed by atoms with E-state index in [-0.39, 0.29) is 12.0 Å². The first-order valence-electron chi connectivity index (χ1n) is 4.27. The highest BCUT2D eigenvalue weighted by atomic mass is 79.9. The quantitative estimate of drug-likeness (QED) is 0.581. The van der Waals surface area contributed by atoms with E-state index in [9.17, 15) is 14.0 Å². The van der Waals surface area contributed by atoms with Crippen LogP contribution in [0.2, 0.25) is 0 Å². The second kappa shape index (κ2) is 3.73. The monoisotopic (exact) mass is 272 g/mol. The van der Waals surface area contributed by atoms with E-state index >= 15 is 0 Å². The largest absolute Gasteiger partial charge is 0.393 e. The van der Waals surface area contributed by atoms with Crippen LogP contribution < -0.4 is 0 Å². The van der Waals surface area contributed by atoms with Crippen molar-refractivity contribution < 1.29 is 18.7 Å². The lowest BCUT2D eigenvalue weighted by Crippen LogP contribution is -2.07. The van der Waals surface area contributed by atoms with Crippen molar-refractivity contribution in [1.82, 2.24) is 0 Å². The second-order valence-corrected chi connectivity index (χ2v) is 4.13. The van der Waals surface area contributed by atoms with Gasteiger partial charge in [0.05, 0.1) is 12.3 Å². The van der Waals surface area contributed by atoms with Crippen LogP contribution in [-0.4, -0.2) is 11.9 Å². The summed E-state index contributed by atoms with van der Waals surface area (Å²) < 4.78 is 18.4. The van der Waals surface area contributed by atoms with E-state index < -0.39 is 23.7 Å². The summed E-state index contributed by atoms with van der Waals surface area (Å²) in [4.78, 5) is 22.0. The van der Waals surface area contributed by atoms with E-state index in [2.05, 4.69) is 20.7 Å². The van der Waals surface area contributed by atoms with Gasteiger partial charge in [0.2, 0.25) is 0 Å². The molecule has 3 nitrogen and oxygen atoms in total. The Hall–Kier alpha value is -1.23. The van der Waals surface area contributed by atoms with Gasteiger partial charge in [-0.15, -0.1) is 0 Å². The Morgan fingerprint density at radius 1 is 1.40 bits per heavy atom. The SMILES string of the molecule is O=C1CC(c2ccc(Br)cc2F)C(=O)O1. The van der Waals surface area contributed by atoms with Gasteiger partial charge < -0.3 is 4.74 Å². The zero-order valence-electron chi connectivity index (χ0n) is 7.50. The van der Waals surface area contributed by atoms with Crippen molar-refractivity contribution in [3.63, 3.8) is 0 Å². The molecule has 15 heavy (non-hydrogen) atoms. The molecule has 2 rings (SSSR count). The number of carbonyl (C=O) groups excluding carboxylic acids is 2. The van der Waals surface area contributed by atoms with Crippen molar-refractivity contribution in [3.05, 3.63) is 34.1 Å². The maximum absolute atomic E-state index is 13.5. The van der Waals surface area contributed by atoms with E-state index in [4.69, 9.17) is 0 Å². The van der Waals surface area contributed by atoms with Gasteiger partial charge in [0.25, 0.3) is 0 Å². The van der Waals surface area contributed by atoms with Crippen molar-refractivity contribution in [1.29, 1.82) is 0 Å². The van der Waals surface area contributed by atoms with Crippen LogP contribution in [0.3, 0.4) is 0 Å². The maximum Gasteiger partial charge on any atom is 0.321 e. The third kappa shape index (κ3) is 1.92. The summed E-state index contributed by atoms with van der Waals surface area (Å²) in [5, 5.41) is 0. The van der Waals surface area contributed by atoms with Crippen LogP contribution in [0.5, 0.6) is 0 Å². The van der Waals surface area contributed by atoms with Gasteiger partial charge in [-0.2, -0.15) is 0 Å². The summed E-state index contributed by atoms with van der Waals surface area (Å²) in [5.74, 6) is -2.60. The Kier molecular flexibility index (Phi) is 2.56. The van der Waals surface area contributed by atoms with Crippen molar-refractivity contribution in [2.75, 3.05) is 0 Å². The predicted molar refractivity (Wildman–Crippen MR) is 52.6 cm³/mol. The fourth-order valence-corrected chi connectivity index (χ4v) is 1.83. The van der Waals surface area contributed by atoms with Crippen LogP contribution in [0.15, 0.2) is 22.7 Å². The van der Waals surface area contributed by atoms with E-state index in [0.717, 1.165) is 0 Å². The molecule has 0 saturated carbocycles. The fourth-order valence-electron chi connectivity index (χ4n) is 1.50. The molecule has 1 aliphatic rings. The van der Waals surface area contributed by atoms with E-state index in [1.807, 2.05) is 0 Å². The van der Waals surface area contributed by atoms with Crippen LogP contribution in [0.25, 0.3) is 0 Å². The minimum atomic E-state index is -0.800. The van der Waals surface area contributed by atoms with E-state index in [1.165, 1.54) is 12.1 Å². The van der Waals surface area contributed by atoms with Crippen molar-refractivity contribution in [2.45, 2.75) is 12.3 Å². The number of hydrogen-bond donors (Lipinski definition) is 0. The third-order valence-corrected chi connectivity index (χ3v) is 2.70. The first-order chi connectivity index (χ1) is 7.08. The summed E-state index contributed by atoms with van der Waals surface area (Å²) in [6.45, 7) is 0. The molecule has 0 amide bonds. The van der Waals surface area contributed by atoms with Gasteiger partial charge in [-0.1, -0.05) is 22.0 Å². The fraction of sp³-hybridized carbons (Fsp3) is 0.200. The molecule has 0 bridgehead atoms. The number of esters is 2. The molecule has 1 unspecified atom stereocenters. The molecule has 5 heteroatoms. The molecule has 1 heterocycles. The van der Waals surface area contributed by atoms with Crippen LogP contribution in [-0.2, 0) is 14.3 Å². The first-order valence-corrected chi connectivity index (χ1v) is 5.06. The van der Waals surface area contributed by atoms with Crippen molar-refractivity contribution in [2.24, 2.45) is 0 Å². The number of benzene rings is 1. The number of cyclic esters (lactones) is 2. The van der Waals surface area contributed by atoms with Gasteiger partial charge in [-0.3, -0.25) is 9.59 Å². The normalized spacial score (nSPS) is 20.5. The summed E-state index contributed by atoms with van der Waals surface area (Å²) >= 11 is 3.11. The molecule has 1 aromatic rings. The average Bonchev–Trinajstić information content (AvgIpc) is 2.45. The molecule has 0 radical (unpaired) electrons. The zero-order chi connectivity index (χ0) is 11.0. The molecule has 1 atom stereocenters. The third-order valence-electron chi connectivity index (χ3n) is 2.21. The van der Waals surface area contributed by atoms with Gasteiger partial charge in [0, 0.05) is 10.0 Å². The number of halogens is 2. The number of ether oxygens (including phenoxy) is 1. The van der Waals surface area contributed by atoms with Crippen molar-refractivity contribution >= 4 is 27.9 Å². The van der Waals surface area contributed by atoms with Crippen LogP contribution in [0.1, 0.15) is 17.9 Å². The highest BCUT2D eigenvalue weighted by Crippen LogP contribution is 2.30. The first kappa shape index (κ1) is 10.3. The van der Waals surface area contributed by atoms with Crippen LogP contribution in [0, 0.1) is 5.82 Å². The van der Waals surface area contributed by atoms with Crippen molar-refractivity contribution in [3.8, 4) is 0 Å². The molecule has 0 aromatic heterocycles. The Labute approximate surface area is 93.4 Å². The number of rotatable bonds is 1. The predicted octanol–water partition coefficient (Wildman–Crippen LogP) is 2.15. The highest BCUT2D eigenvalue weighted by molar-refractivity contribution is 9.10. The minimum absolute atomic E-state index is 0.0859. The topological polar surface area (TPSA) is 43.4 Å². The number of carbonyl (C=O) groups is 2. The Morgan fingerprint density at radius 2 is 2.13 bits per heavy atom. The standard InChI is InChI=1S/C10H6BrFO3/c11-5-1-2-6(8(12)3-5)7-4-9(13)15-10(7)14/h1-3,7H,4H2. The molecule has 1 aliphatic heterocycles. The van der Waals surface area contributed by atoms with Crippen LogP contribution in [0.4, 0.5) is 4.39 Å². The Balaban J connectivity index is 2.38. The van der Waals surface area contributed by atoms with Gasteiger partial charge in [-0.25, -0.2) is 4.39 Å². The van der Waals surface area contributed by atoms with Gasteiger partial charge in [0.15, 0.2) is 0 Å². The maximum atomic E-state index is 13.5. The molecular formula is C10H6BrFO3. The summed E-state index contributed by atoms with van der Waals surface area (Å²) in [7, 11) is 0. The lowest BCUT2D eigenvalue weighted by molar-refractivity contribution is -0.152. The molecule has 0 spiro atoms. The lowest BCUT2D eigenvalue weighted by Gasteiger charge is -2.06.